The van der Waals surface area contributed by atoms with Crippen molar-refractivity contribution < 1.29 is 0 Å². The molecule has 1 fully saturated rings. The molecule has 15 heavy (non-hydrogen) atoms. The summed E-state index contributed by atoms with van der Waals surface area (Å²) < 4.78 is 0. The van der Waals surface area contributed by atoms with Crippen LogP contribution in [0.15, 0.2) is 24.3 Å². The van der Waals surface area contributed by atoms with Crippen molar-refractivity contribution in [3.8, 4) is 6.07 Å². The number of amidine groups is 1. The molecule has 1 aliphatic heterocycles. The fraction of sp³-hybridized carbons (Fsp3) is 0.333. The van der Waals surface area contributed by atoms with Gasteiger partial charge in [0.1, 0.15) is 0 Å². The lowest BCUT2D eigenvalue weighted by molar-refractivity contribution is 0.446. The minimum atomic E-state index is 0.693. The van der Waals surface area contributed by atoms with E-state index in [1.165, 1.54) is 0 Å². The van der Waals surface area contributed by atoms with E-state index in [1.807, 2.05) is 18.2 Å². The molecule has 2 rings (SSSR count). The van der Waals surface area contributed by atoms with Gasteiger partial charge in [-0.2, -0.15) is 5.26 Å². The number of nitrogens with zero attached hydrogens (tertiary/aromatic N) is 2. The number of likely N-dealkylation sites (tertiary alicyclic amines) is 1. The van der Waals surface area contributed by atoms with Crippen molar-refractivity contribution in [1.29, 1.82) is 10.7 Å². The van der Waals surface area contributed by atoms with E-state index in [9.17, 15) is 0 Å². The Morgan fingerprint density at radius 2 is 2.33 bits per heavy atom. The van der Waals surface area contributed by atoms with Gasteiger partial charge in [-0.15, -0.1) is 0 Å². The third-order valence-corrected chi connectivity index (χ3v) is 2.65. The molecule has 0 radical (unpaired) electrons. The quantitative estimate of drug-likeness (QED) is 0.793. The topological polar surface area (TPSA) is 50.9 Å². The van der Waals surface area contributed by atoms with Gasteiger partial charge in [-0.05, 0) is 24.1 Å². The Labute approximate surface area is 89.5 Å². The minimum absolute atomic E-state index is 0.693. The highest BCUT2D eigenvalue weighted by Crippen LogP contribution is 2.15. The fourth-order valence-electron chi connectivity index (χ4n) is 1.86. The molecule has 0 aliphatic carbocycles. The molecule has 1 aliphatic rings. The maximum atomic E-state index is 8.77. The van der Waals surface area contributed by atoms with Gasteiger partial charge in [0, 0.05) is 19.5 Å². The minimum Gasteiger partial charge on any atom is -0.356 e. The maximum Gasteiger partial charge on any atom is 0.0991 e. The number of nitrogens with one attached hydrogen (secondary N) is 1. The van der Waals surface area contributed by atoms with Crippen molar-refractivity contribution in [3.05, 3.63) is 35.4 Å². The van der Waals surface area contributed by atoms with Gasteiger partial charge in [0.05, 0.1) is 17.5 Å². The van der Waals surface area contributed by atoms with Crippen LogP contribution in [0.5, 0.6) is 0 Å². The Hall–Kier alpha value is -1.82. The van der Waals surface area contributed by atoms with Gasteiger partial charge in [-0.1, -0.05) is 12.1 Å². The monoisotopic (exact) mass is 199 g/mol. The first-order valence-electron chi connectivity index (χ1n) is 5.11. The first kappa shape index (κ1) is 9.72. The second kappa shape index (κ2) is 4.14. The predicted octanol–water partition coefficient (Wildman–Crippen LogP) is 2.13. The summed E-state index contributed by atoms with van der Waals surface area (Å²) in [7, 11) is 0. The van der Waals surface area contributed by atoms with Gasteiger partial charge < -0.3 is 4.90 Å². The summed E-state index contributed by atoms with van der Waals surface area (Å²) in [5.41, 5.74) is 1.80. The maximum absolute atomic E-state index is 8.77. The molecule has 0 spiro atoms. The van der Waals surface area contributed by atoms with Crippen molar-refractivity contribution in [2.24, 2.45) is 0 Å². The van der Waals surface area contributed by atoms with Gasteiger partial charge in [-0.25, -0.2) is 0 Å². The van der Waals surface area contributed by atoms with Crippen LogP contribution in [-0.2, 0) is 6.54 Å². The molecule has 3 nitrogen and oxygen atoms in total. The van der Waals surface area contributed by atoms with E-state index in [2.05, 4.69) is 11.0 Å². The number of hydrogen-bond acceptors (Lipinski definition) is 2. The van der Waals surface area contributed by atoms with Crippen LogP contribution in [0.4, 0.5) is 0 Å². The highest BCUT2D eigenvalue weighted by atomic mass is 15.2. The van der Waals surface area contributed by atoms with Crippen LogP contribution in [0.2, 0.25) is 0 Å². The van der Waals surface area contributed by atoms with Gasteiger partial charge in [0.15, 0.2) is 0 Å². The lowest BCUT2D eigenvalue weighted by Crippen LogP contribution is -2.23. The first-order chi connectivity index (χ1) is 7.29. The lowest BCUT2D eigenvalue weighted by atomic mass is 10.1. The number of benzene rings is 1. The van der Waals surface area contributed by atoms with E-state index < -0.39 is 0 Å². The van der Waals surface area contributed by atoms with E-state index in [4.69, 9.17) is 10.7 Å². The average Bonchev–Trinajstić information content (AvgIpc) is 2.65. The van der Waals surface area contributed by atoms with E-state index in [-0.39, 0.29) is 0 Å². The van der Waals surface area contributed by atoms with Gasteiger partial charge in [0.25, 0.3) is 0 Å². The average molecular weight is 199 g/mol. The number of nitriles is 1. The largest absolute Gasteiger partial charge is 0.356 e. The Balaban J connectivity index is 2.10. The lowest BCUT2D eigenvalue weighted by Gasteiger charge is -2.17. The Morgan fingerprint density at radius 1 is 1.47 bits per heavy atom. The van der Waals surface area contributed by atoms with E-state index in [0.717, 1.165) is 37.3 Å². The van der Waals surface area contributed by atoms with Crippen molar-refractivity contribution in [2.45, 2.75) is 19.4 Å². The molecule has 1 aromatic rings. The Morgan fingerprint density at radius 3 is 3.00 bits per heavy atom. The van der Waals surface area contributed by atoms with Crippen LogP contribution in [0.1, 0.15) is 24.0 Å². The molecule has 3 heteroatoms. The second-order valence-corrected chi connectivity index (χ2v) is 3.78. The van der Waals surface area contributed by atoms with Gasteiger partial charge in [0.2, 0.25) is 0 Å². The SMILES string of the molecule is N#Cc1cccc(CN2CCCC2=N)c1. The standard InChI is InChI=1S/C12H13N3/c13-8-10-3-1-4-11(7-10)9-15-6-2-5-12(15)14/h1,3-4,7,14H,2,5-6,9H2. The van der Waals surface area contributed by atoms with E-state index in [0.29, 0.717) is 5.56 Å². The zero-order valence-electron chi connectivity index (χ0n) is 8.53. The van der Waals surface area contributed by atoms with Crippen LogP contribution in [0, 0.1) is 16.7 Å². The summed E-state index contributed by atoms with van der Waals surface area (Å²) in [5.74, 6) is 0.720. The van der Waals surface area contributed by atoms with Crippen LogP contribution in [0.3, 0.4) is 0 Å². The molecule has 0 amide bonds. The molecule has 1 heterocycles. The van der Waals surface area contributed by atoms with Crippen molar-refractivity contribution in [3.63, 3.8) is 0 Å². The smallest absolute Gasteiger partial charge is 0.0991 e. The van der Waals surface area contributed by atoms with Crippen LogP contribution < -0.4 is 0 Å². The molecule has 0 bridgehead atoms. The molecule has 0 saturated carbocycles. The zero-order chi connectivity index (χ0) is 10.7. The highest BCUT2D eigenvalue weighted by molar-refractivity contribution is 5.80. The van der Waals surface area contributed by atoms with Crippen molar-refractivity contribution in [1.82, 2.24) is 4.90 Å². The summed E-state index contributed by atoms with van der Waals surface area (Å²) >= 11 is 0. The third kappa shape index (κ3) is 2.16. The Kier molecular flexibility index (Phi) is 2.68. The molecule has 76 valence electrons. The summed E-state index contributed by atoms with van der Waals surface area (Å²) in [6, 6.07) is 9.73. The molecule has 1 N–H and O–H groups in total. The molecule has 1 aromatic carbocycles. The van der Waals surface area contributed by atoms with Crippen molar-refractivity contribution in [2.75, 3.05) is 6.54 Å². The van der Waals surface area contributed by atoms with Crippen LogP contribution in [0.25, 0.3) is 0 Å². The second-order valence-electron chi connectivity index (χ2n) is 3.78. The fourth-order valence-corrected chi connectivity index (χ4v) is 1.86. The predicted molar refractivity (Wildman–Crippen MR) is 58.5 cm³/mol. The molecular weight excluding hydrogens is 186 g/mol. The molecular formula is C12H13N3. The van der Waals surface area contributed by atoms with Crippen LogP contribution >= 0.6 is 0 Å². The summed E-state index contributed by atoms with van der Waals surface area (Å²) in [6.07, 6.45) is 1.97. The molecule has 0 atom stereocenters. The summed E-state index contributed by atoms with van der Waals surface area (Å²) in [5, 5.41) is 16.5. The Bertz CT molecular complexity index is 417. The molecule has 1 saturated heterocycles. The number of rotatable bonds is 2. The van der Waals surface area contributed by atoms with E-state index in [1.54, 1.807) is 6.07 Å². The van der Waals surface area contributed by atoms with Gasteiger partial charge >= 0.3 is 0 Å². The molecule has 0 unspecified atom stereocenters. The summed E-state index contributed by atoms with van der Waals surface area (Å²) in [4.78, 5) is 2.07. The highest BCUT2D eigenvalue weighted by Gasteiger charge is 2.16. The van der Waals surface area contributed by atoms with Crippen LogP contribution in [-0.4, -0.2) is 17.3 Å². The molecule has 0 aromatic heterocycles. The van der Waals surface area contributed by atoms with Crippen molar-refractivity contribution >= 4 is 5.84 Å². The van der Waals surface area contributed by atoms with Gasteiger partial charge in [-0.3, -0.25) is 5.41 Å². The van der Waals surface area contributed by atoms with E-state index >= 15 is 0 Å². The first-order valence-corrected chi connectivity index (χ1v) is 5.11. The number of hydrogen-bond donors (Lipinski definition) is 1. The third-order valence-electron chi connectivity index (χ3n) is 2.65. The zero-order valence-corrected chi connectivity index (χ0v) is 8.53. The normalized spacial score (nSPS) is 15.4. The summed E-state index contributed by atoms with van der Waals surface area (Å²) in [6.45, 7) is 1.73.